The van der Waals surface area contributed by atoms with Crippen LogP contribution in [0.5, 0.6) is 0 Å². The van der Waals surface area contributed by atoms with Gasteiger partial charge in [-0.25, -0.2) is 0 Å². The van der Waals surface area contributed by atoms with Gasteiger partial charge in [-0.1, -0.05) is 0 Å². The van der Waals surface area contributed by atoms with E-state index in [4.69, 9.17) is 9.47 Å². The van der Waals surface area contributed by atoms with E-state index in [1.807, 2.05) is 0 Å². The molecule has 2 rings (SSSR count). The molecule has 2 radical (unpaired) electrons. The highest BCUT2D eigenvalue weighted by Crippen LogP contribution is 2.12. The van der Waals surface area contributed by atoms with Crippen LogP contribution in [0, 0.1) is 6.67 Å². The maximum atomic E-state index is 5.12. The van der Waals surface area contributed by atoms with E-state index in [9.17, 15) is 0 Å². The zero-order valence-corrected chi connectivity index (χ0v) is 4.73. The molecule has 9 heavy (non-hydrogen) atoms. The fourth-order valence-corrected chi connectivity index (χ4v) is 0.749. The Morgan fingerprint density at radius 2 is 1.67 bits per heavy atom. The summed E-state index contributed by atoms with van der Waals surface area (Å²) in [5.74, 6) is 1.28. The minimum atomic E-state index is 0.606. The summed E-state index contributed by atoms with van der Waals surface area (Å²) in [4.78, 5) is 0. The van der Waals surface area contributed by atoms with E-state index < -0.39 is 0 Å². The first-order valence-electron chi connectivity index (χ1n) is 2.74. The SMILES string of the molecule is [C]1NC2=C(N1)OCCO2. The van der Waals surface area contributed by atoms with Crippen molar-refractivity contribution in [1.82, 2.24) is 10.6 Å². The molecule has 0 aromatic rings. The van der Waals surface area contributed by atoms with Gasteiger partial charge in [-0.05, 0) is 0 Å². The van der Waals surface area contributed by atoms with Crippen molar-refractivity contribution in [2.75, 3.05) is 13.2 Å². The maximum absolute atomic E-state index is 5.12. The maximum Gasteiger partial charge on any atom is 0.251 e. The molecule has 0 saturated heterocycles. The van der Waals surface area contributed by atoms with Crippen LogP contribution in [0.4, 0.5) is 0 Å². The van der Waals surface area contributed by atoms with Crippen LogP contribution < -0.4 is 10.6 Å². The number of ether oxygens (including phenoxy) is 2. The number of hydrogen-bond acceptors (Lipinski definition) is 4. The molecule has 2 N–H and O–H groups in total. The first-order chi connectivity index (χ1) is 4.47. The van der Waals surface area contributed by atoms with Gasteiger partial charge in [-0.15, -0.1) is 0 Å². The Morgan fingerprint density at radius 1 is 1.11 bits per heavy atom. The van der Waals surface area contributed by atoms with Crippen molar-refractivity contribution in [2.45, 2.75) is 0 Å². The second-order valence-electron chi connectivity index (χ2n) is 1.73. The smallest absolute Gasteiger partial charge is 0.251 e. The molecule has 0 bridgehead atoms. The predicted octanol–water partition coefficient (Wildman–Crippen LogP) is -0.651. The predicted molar refractivity (Wildman–Crippen MR) is 28.4 cm³/mol. The van der Waals surface area contributed by atoms with E-state index in [0.29, 0.717) is 25.0 Å². The van der Waals surface area contributed by atoms with Crippen molar-refractivity contribution in [3.05, 3.63) is 18.4 Å². The lowest BCUT2D eigenvalue weighted by Crippen LogP contribution is -2.17. The topological polar surface area (TPSA) is 42.5 Å². The Morgan fingerprint density at radius 3 is 2.22 bits per heavy atom. The van der Waals surface area contributed by atoms with E-state index in [0.717, 1.165) is 0 Å². The van der Waals surface area contributed by atoms with Crippen LogP contribution in [0.15, 0.2) is 11.8 Å². The molecular weight excluding hydrogens is 120 g/mol. The zero-order valence-electron chi connectivity index (χ0n) is 4.73. The summed E-state index contributed by atoms with van der Waals surface area (Å²) in [7, 11) is 0. The Labute approximate surface area is 52.8 Å². The van der Waals surface area contributed by atoms with Gasteiger partial charge in [0.1, 0.15) is 13.2 Å². The van der Waals surface area contributed by atoms with E-state index in [1.165, 1.54) is 0 Å². The van der Waals surface area contributed by atoms with Crippen LogP contribution in [0.2, 0.25) is 0 Å². The summed E-state index contributed by atoms with van der Waals surface area (Å²) in [5.41, 5.74) is 0. The molecule has 0 amide bonds. The van der Waals surface area contributed by atoms with Crippen LogP contribution in [0.25, 0.3) is 0 Å². The van der Waals surface area contributed by atoms with Crippen molar-refractivity contribution in [1.29, 1.82) is 0 Å². The second-order valence-corrected chi connectivity index (χ2v) is 1.73. The largest absolute Gasteiger partial charge is 0.472 e. The summed E-state index contributed by atoms with van der Waals surface area (Å²) in [6.07, 6.45) is 0. The van der Waals surface area contributed by atoms with E-state index in [1.54, 1.807) is 0 Å². The van der Waals surface area contributed by atoms with Gasteiger partial charge in [-0.3, -0.25) is 0 Å². The average molecular weight is 126 g/mol. The Hall–Kier alpha value is -1.06. The first-order valence-corrected chi connectivity index (χ1v) is 2.74. The number of hydrogen-bond donors (Lipinski definition) is 2. The summed E-state index contributed by atoms with van der Waals surface area (Å²) >= 11 is 0. The zero-order chi connectivity index (χ0) is 6.10. The minimum Gasteiger partial charge on any atom is -0.472 e. The monoisotopic (exact) mass is 126 g/mol. The normalized spacial score (nSPS) is 23.1. The highest BCUT2D eigenvalue weighted by Gasteiger charge is 2.20. The molecule has 0 fully saturated rings. The molecule has 0 aromatic carbocycles. The average Bonchev–Trinajstić information content (AvgIpc) is 2.33. The quantitative estimate of drug-likeness (QED) is 0.452. The highest BCUT2D eigenvalue weighted by molar-refractivity contribution is 5.08. The molecule has 4 heteroatoms. The van der Waals surface area contributed by atoms with Gasteiger partial charge in [0, 0.05) is 0 Å². The van der Waals surface area contributed by atoms with Gasteiger partial charge >= 0.3 is 0 Å². The Balaban J connectivity index is 2.17. The Bertz CT molecular complexity index is 139. The number of rotatable bonds is 0. The molecule has 0 atom stereocenters. The van der Waals surface area contributed by atoms with Crippen molar-refractivity contribution in [2.24, 2.45) is 0 Å². The fraction of sp³-hybridized carbons (Fsp3) is 0.400. The van der Waals surface area contributed by atoms with Gasteiger partial charge in [0.05, 0.1) is 0 Å². The molecule has 2 aliphatic heterocycles. The lowest BCUT2D eigenvalue weighted by molar-refractivity contribution is 0.0572. The second kappa shape index (κ2) is 1.72. The third kappa shape index (κ3) is 0.667. The van der Waals surface area contributed by atoms with E-state index in [2.05, 4.69) is 17.3 Å². The fourth-order valence-electron chi connectivity index (χ4n) is 0.749. The van der Waals surface area contributed by atoms with Crippen molar-refractivity contribution in [3.8, 4) is 0 Å². The molecule has 0 saturated carbocycles. The molecular formula is C5H6N2O2. The summed E-state index contributed by atoms with van der Waals surface area (Å²) in [6, 6.07) is 0. The summed E-state index contributed by atoms with van der Waals surface area (Å²) < 4.78 is 10.2. The third-order valence-corrected chi connectivity index (χ3v) is 1.13. The van der Waals surface area contributed by atoms with E-state index >= 15 is 0 Å². The summed E-state index contributed by atoms with van der Waals surface area (Å²) in [5, 5.41) is 5.46. The van der Waals surface area contributed by atoms with Crippen molar-refractivity contribution in [3.63, 3.8) is 0 Å². The van der Waals surface area contributed by atoms with Crippen LogP contribution in [0.3, 0.4) is 0 Å². The van der Waals surface area contributed by atoms with Crippen LogP contribution in [0.1, 0.15) is 0 Å². The Kier molecular flexibility index (Phi) is 0.913. The van der Waals surface area contributed by atoms with E-state index in [-0.39, 0.29) is 0 Å². The lowest BCUT2D eigenvalue weighted by Gasteiger charge is -2.14. The van der Waals surface area contributed by atoms with Crippen LogP contribution in [-0.4, -0.2) is 13.2 Å². The number of nitrogens with one attached hydrogen (secondary N) is 2. The van der Waals surface area contributed by atoms with Crippen LogP contribution in [-0.2, 0) is 9.47 Å². The van der Waals surface area contributed by atoms with Gasteiger partial charge in [0.25, 0.3) is 11.8 Å². The molecule has 48 valence electrons. The van der Waals surface area contributed by atoms with Gasteiger partial charge < -0.3 is 20.1 Å². The van der Waals surface area contributed by atoms with Crippen LogP contribution >= 0.6 is 0 Å². The molecule has 0 unspecified atom stereocenters. The molecule has 0 aromatic heterocycles. The van der Waals surface area contributed by atoms with Crippen molar-refractivity contribution < 1.29 is 9.47 Å². The molecule has 4 nitrogen and oxygen atoms in total. The molecule has 2 heterocycles. The standard InChI is InChI=1S/C5H6N2O2/c1-2-9-5-4(8-1)6-3-7-5/h6-7H,1-2H2. The minimum absolute atomic E-state index is 0.606. The molecule has 2 aliphatic rings. The van der Waals surface area contributed by atoms with Crippen molar-refractivity contribution >= 4 is 0 Å². The van der Waals surface area contributed by atoms with Gasteiger partial charge in [-0.2, -0.15) is 0 Å². The lowest BCUT2D eigenvalue weighted by atomic mass is 10.6. The first kappa shape index (κ1) is 4.78. The van der Waals surface area contributed by atoms with Gasteiger partial charge in [0.2, 0.25) is 6.67 Å². The third-order valence-electron chi connectivity index (χ3n) is 1.13. The van der Waals surface area contributed by atoms with Gasteiger partial charge in [0.15, 0.2) is 0 Å². The summed E-state index contributed by atoms with van der Waals surface area (Å²) in [6.45, 7) is 3.85. The molecule has 0 aliphatic carbocycles. The highest BCUT2D eigenvalue weighted by atomic mass is 16.6. The molecule has 0 spiro atoms.